The fraction of sp³-hybridized carbons (Fsp3) is 0.214. The lowest BCUT2D eigenvalue weighted by molar-refractivity contribution is 0.467. The van der Waals surface area contributed by atoms with Gasteiger partial charge in [-0.3, -0.25) is 4.98 Å². The normalized spacial score (nSPS) is 10.4. The molecule has 1 aromatic heterocycles. The molecular formula is C14H16N2OS. The van der Waals surface area contributed by atoms with E-state index in [0.717, 1.165) is 27.7 Å². The van der Waals surface area contributed by atoms with Crippen molar-refractivity contribution >= 4 is 11.8 Å². The lowest BCUT2D eigenvalue weighted by Crippen LogP contribution is -2.02. The molecule has 0 bridgehead atoms. The number of nitrogens with two attached hydrogens (primary N) is 1. The fourth-order valence-corrected chi connectivity index (χ4v) is 2.37. The second-order valence-electron chi connectivity index (χ2n) is 3.83. The molecule has 1 heterocycles. The zero-order valence-electron chi connectivity index (χ0n) is 10.5. The van der Waals surface area contributed by atoms with Gasteiger partial charge in [-0.05, 0) is 37.4 Å². The van der Waals surface area contributed by atoms with E-state index in [-0.39, 0.29) is 0 Å². The summed E-state index contributed by atoms with van der Waals surface area (Å²) in [6, 6.07) is 9.74. The Morgan fingerprint density at radius 3 is 2.67 bits per heavy atom. The van der Waals surface area contributed by atoms with Gasteiger partial charge in [-0.1, -0.05) is 6.07 Å². The van der Waals surface area contributed by atoms with Crippen LogP contribution < -0.4 is 10.5 Å². The van der Waals surface area contributed by atoms with E-state index in [2.05, 4.69) is 11.1 Å². The Morgan fingerprint density at radius 1 is 1.22 bits per heavy atom. The van der Waals surface area contributed by atoms with Gasteiger partial charge in [0.1, 0.15) is 11.5 Å². The van der Waals surface area contributed by atoms with Gasteiger partial charge in [0.05, 0.1) is 5.69 Å². The van der Waals surface area contributed by atoms with Crippen LogP contribution in [0.4, 0.5) is 0 Å². The lowest BCUT2D eigenvalue weighted by atomic mass is 10.2. The molecule has 94 valence electrons. The number of hydrogen-bond acceptors (Lipinski definition) is 4. The summed E-state index contributed by atoms with van der Waals surface area (Å²) in [5.41, 5.74) is 7.72. The third kappa shape index (κ3) is 2.66. The molecule has 0 saturated carbocycles. The summed E-state index contributed by atoms with van der Waals surface area (Å²) in [7, 11) is 0. The minimum atomic E-state index is 0.464. The van der Waals surface area contributed by atoms with Crippen LogP contribution in [0.2, 0.25) is 0 Å². The number of ether oxygens (including phenoxy) is 1. The molecule has 0 aliphatic rings. The predicted octanol–water partition coefficient (Wildman–Crippen LogP) is 3.36. The minimum absolute atomic E-state index is 0.464. The van der Waals surface area contributed by atoms with Crippen molar-refractivity contribution in [2.24, 2.45) is 5.73 Å². The molecule has 0 saturated heterocycles. The zero-order valence-corrected chi connectivity index (χ0v) is 11.3. The van der Waals surface area contributed by atoms with Crippen molar-refractivity contribution in [2.45, 2.75) is 18.4 Å². The monoisotopic (exact) mass is 260 g/mol. The van der Waals surface area contributed by atoms with E-state index in [1.807, 2.05) is 37.4 Å². The summed E-state index contributed by atoms with van der Waals surface area (Å²) < 4.78 is 5.92. The first-order valence-electron chi connectivity index (χ1n) is 5.71. The van der Waals surface area contributed by atoms with E-state index < -0.39 is 0 Å². The highest BCUT2D eigenvalue weighted by Gasteiger charge is 2.09. The lowest BCUT2D eigenvalue weighted by Gasteiger charge is -2.13. The van der Waals surface area contributed by atoms with Gasteiger partial charge >= 0.3 is 0 Å². The number of rotatable bonds is 4. The second kappa shape index (κ2) is 5.89. The summed E-state index contributed by atoms with van der Waals surface area (Å²) in [6.45, 7) is 2.39. The molecule has 2 aromatic rings. The molecule has 0 fully saturated rings. The van der Waals surface area contributed by atoms with Crippen molar-refractivity contribution in [1.29, 1.82) is 0 Å². The standard InChI is InChI=1S/C14H16N2OS/c1-10-12(6-4-8-16-10)17-13-5-3-7-14(18-2)11(13)9-15/h3-8H,9,15H2,1-2H3. The van der Waals surface area contributed by atoms with E-state index in [1.54, 1.807) is 18.0 Å². The van der Waals surface area contributed by atoms with Crippen LogP contribution in [0.15, 0.2) is 41.4 Å². The molecule has 0 aliphatic heterocycles. The van der Waals surface area contributed by atoms with Crippen LogP contribution in [0, 0.1) is 6.92 Å². The third-order valence-electron chi connectivity index (χ3n) is 2.69. The second-order valence-corrected chi connectivity index (χ2v) is 4.68. The Bertz CT molecular complexity index is 543. The minimum Gasteiger partial charge on any atom is -0.455 e. The van der Waals surface area contributed by atoms with Gasteiger partial charge in [-0.2, -0.15) is 0 Å². The molecular weight excluding hydrogens is 244 g/mol. The zero-order chi connectivity index (χ0) is 13.0. The number of aryl methyl sites for hydroxylation is 1. The average Bonchev–Trinajstić information content (AvgIpc) is 2.41. The van der Waals surface area contributed by atoms with Gasteiger partial charge in [0.2, 0.25) is 0 Å². The van der Waals surface area contributed by atoms with Gasteiger partial charge in [0, 0.05) is 23.2 Å². The highest BCUT2D eigenvalue weighted by Crippen LogP contribution is 2.32. The van der Waals surface area contributed by atoms with Crippen molar-refractivity contribution in [1.82, 2.24) is 4.98 Å². The number of pyridine rings is 1. The van der Waals surface area contributed by atoms with Gasteiger partial charge in [0.15, 0.2) is 0 Å². The van der Waals surface area contributed by atoms with Crippen LogP contribution >= 0.6 is 11.8 Å². The summed E-state index contributed by atoms with van der Waals surface area (Å²) in [4.78, 5) is 5.36. The summed E-state index contributed by atoms with van der Waals surface area (Å²) in [6.07, 6.45) is 3.79. The third-order valence-corrected chi connectivity index (χ3v) is 3.51. The Morgan fingerprint density at radius 2 is 2.00 bits per heavy atom. The first kappa shape index (κ1) is 12.9. The van der Waals surface area contributed by atoms with E-state index in [1.165, 1.54) is 0 Å². The van der Waals surface area contributed by atoms with Gasteiger partial charge in [-0.25, -0.2) is 0 Å². The maximum absolute atomic E-state index is 5.92. The van der Waals surface area contributed by atoms with E-state index in [9.17, 15) is 0 Å². The highest BCUT2D eigenvalue weighted by atomic mass is 32.2. The summed E-state index contributed by atoms with van der Waals surface area (Å²) >= 11 is 1.67. The predicted molar refractivity (Wildman–Crippen MR) is 75.2 cm³/mol. The number of thioether (sulfide) groups is 1. The van der Waals surface area contributed by atoms with Gasteiger partial charge < -0.3 is 10.5 Å². The van der Waals surface area contributed by atoms with Crippen LogP contribution in [-0.2, 0) is 6.54 Å². The van der Waals surface area contributed by atoms with E-state index >= 15 is 0 Å². The molecule has 4 heteroatoms. The quantitative estimate of drug-likeness (QED) is 0.856. The van der Waals surface area contributed by atoms with Crippen LogP contribution in [0.3, 0.4) is 0 Å². The number of hydrogen-bond donors (Lipinski definition) is 1. The smallest absolute Gasteiger partial charge is 0.148 e. The molecule has 0 spiro atoms. The van der Waals surface area contributed by atoms with Gasteiger partial charge in [0.25, 0.3) is 0 Å². The Kier molecular flexibility index (Phi) is 4.23. The SMILES string of the molecule is CSc1cccc(Oc2cccnc2C)c1CN. The number of benzene rings is 1. The van der Waals surface area contributed by atoms with Crippen LogP contribution in [0.25, 0.3) is 0 Å². The fourth-order valence-electron chi connectivity index (χ4n) is 1.73. The van der Waals surface area contributed by atoms with E-state index in [0.29, 0.717) is 6.54 Å². The molecule has 2 rings (SSSR count). The molecule has 18 heavy (non-hydrogen) atoms. The Balaban J connectivity index is 2.37. The number of nitrogens with zero attached hydrogens (tertiary/aromatic N) is 1. The molecule has 0 radical (unpaired) electrons. The highest BCUT2D eigenvalue weighted by molar-refractivity contribution is 7.98. The van der Waals surface area contributed by atoms with Crippen molar-refractivity contribution in [3.8, 4) is 11.5 Å². The topological polar surface area (TPSA) is 48.1 Å². The molecule has 0 aliphatic carbocycles. The van der Waals surface area contributed by atoms with Crippen molar-refractivity contribution < 1.29 is 4.74 Å². The molecule has 2 N–H and O–H groups in total. The molecule has 0 atom stereocenters. The van der Waals surface area contributed by atoms with Crippen LogP contribution in [0.1, 0.15) is 11.3 Å². The maximum Gasteiger partial charge on any atom is 0.148 e. The Hall–Kier alpha value is -1.52. The summed E-state index contributed by atoms with van der Waals surface area (Å²) in [5.74, 6) is 1.57. The van der Waals surface area contributed by atoms with Crippen molar-refractivity contribution in [3.05, 3.63) is 47.8 Å². The molecule has 0 amide bonds. The van der Waals surface area contributed by atoms with Crippen molar-refractivity contribution in [2.75, 3.05) is 6.26 Å². The Labute approximate surface area is 111 Å². The van der Waals surface area contributed by atoms with Gasteiger partial charge in [-0.15, -0.1) is 11.8 Å². The van der Waals surface area contributed by atoms with E-state index in [4.69, 9.17) is 10.5 Å². The maximum atomic E-state index is 5.92. The number of aromatic nitrogens is 1. The molecule has 1 aromatic carbocycles. The van der Waals surface area contributed by atoms with Crippen LogP contribution in [-0.4, -0.2) is 11.2 Å². The van der Waals surface area contributed by atoms with Crippen molar-refractivity contribution in [3.63, 3.8) is 0 Å². The molecule has 3 nitrogen and oxygen atoms in total. The average molecular weight is 260 g/mol. The first-order valence-corrected chi connectivity index (χ1v) is 6.94. The van der Waals surface area contributed by atoms with Crippen LogP contribution in [0.5, 0.6) is 11.5 Å². The largest absolute Gasteiger partial charge is 0.455 e. The first-order chi connectivity index (χ1) is 8.76. The molecule has 0 unspecified atom stereocenters. The summed E-state index contributed by atoms with van der Waals surface area (Å²) in [5, 5.41) is 0.